The highest BCUT2D eigenvalue weighted by atomic mass is 16.4. The number of carboxylic acids is 1. The summed E-state index contributed by atoms with van der Waals surface area (Å²) in [6, 6.07) is 2.17. The van der Waals surface area contributed by atoms with Gasteiger partial charge in [-0.3, -0.25) is 9.88 Å². The van der Waals surface area contributed by atoms with Gasteiger partial charge in [-0.05, 0) is 27.1 Å². The summed E-state index contributed by atoms with van der Waals surface area (Å²) in [7, 11) is 4.22. The summed E-state index contributed by atoms with van der Waals surface area (Å²) < 4.78 is 0. The number of aryl methyl sites for hydroxylation is 1. The van der Waals surface area contributed by atoms with E-state index in [1.807, 2.05) is 6.92 Å². The lowest BCUT2D eigenvalue weighted by molar-refractivity contribution is 0.0697. The van der Waals surface area contributed by atoms with E-state index in [9.17, 15) is 9.90 Å². The third kappa shape index (κ3) is 3.46. The second-order valence-corrected chi connectivity index (χ2v) is 5.45. The molecule has 1 fully saturated rings. The second kappa shape index (κ2) is 6.19. The minimum absolute atomic E-state index is 0.224. The maximum Gasteiger partial charge on any atom is 0.339 e. The first-order chi connectivity index (χ1) is 9.47. The van der Waals surface area contributed by atoms with Gasteiger partial charge in [0.25, 0.3) is 0 Å². The number of hydrogen-bond donors (Lipinski definition) is 2. The third-order valence-electron chi connectivity index (χ3n) is 3.78. The number of nitrogens with zero attached hydrogens (tertiary/aromatic N) is 3. The van der Waals surface area contributed by atoms with Gasteiger partial charge in [0.1, 0.15) is 5.56 Å². The van der Waals surface area contributed by atoms with Gasteiger partial charge in [-0.15, -0.1) is 0 Å². The van der Waals surface area contributed by atoms with E-state index in [-0.39, 0.29) is 5.56 Å². The lowest BCUT2D eigenvalue weighted by Gasteiger charge is -2.38. The molecular weight excluding hydrogens is 256 g/mol. The predicted molar refractivity (Wildman–Crippen MR) is 78.3 cm³/mol. The van der Waals surface area contributed by atoms with E-state index in [1.165, 1.54) is 6.20 Å². The molecule has 0 saturated carbocycles. The molecule has 0 amide bonds. The molecule has 1 unspecified atom stereocenters. The topological polar surface area (TPSA) is 68.7 Å². The Morgan fingerprint density at radius 3 is 2.95 bits per heavy atom. The van der Waals surface area contributed by atoms with Crippen LogP contribution in [-0.2, 0) is 0 Å². The van der Waals surface area contributed by atoms with Gasteiger partial charge in [-0.1, -0.05) is 0 Å². The first-order valence-corrected chi connectivity index (χ1v) is 6.80. The fourth-order valence-corrected chi connectivity index (χ4v) is 2.43. The summed E-state index contributed by atoms with van der Waals surface area (Å²) in [6.45, 7) is 5.67. The molecule has 1 saturated heterocycles. The lowest BCUT2D eigenvalue weighted by atomic mass is 10.1. The van der Waals surface area contributed by atoms with E-state index in [0.717, 1.165) is 31.9 Å². The Balaban J connectivity index is 2.06. The van der Waals surface area contributed by atoms with E-state index >= 15 is 0 Å². The van der Waals surface area contributed by atoms with Gasteiger partial charge in [0, 0.05) is 44.1 Å². The van der Waals surface area contributed by atoms with Crippen molar-refractivity contribution >= 4 is 11.7 Å². The highest BCUT2D eigenvalue weighted by molar-refractivity contribution is 5.93. The van der Waals surface area contributed by atoms with Gasteiger partial charge in [0.15, 0.2) is 0 Å². The van der Waals surface area contributed by atoms with Crippen LogP contribution in [0.1, 0.15) is 16.1 Å². The fraction of sp³-hybridized carbons (Fsp3) is 0.571. The number of piperazine rings is 1. The summed E-state index contributed by atoms with van der Waals surface area (Å²) in [4.78, 5) is 19.8. The van der Waals surface area contributed by atoms with Crippen molar-refractivity contribution in [3.63, 3.8) is 0 Å². The van der Waals surface area contributed by atoms with Crippen molar-refractivity contribution in [3.05, 3.63) is 23.5 Å². The van der Waals surface area contributed by atoms with E-state index in [1.54, 1.807) is 6.07 Å². The van der Waals surface area contributed by atoms with E-state index in [0.29, 0.717) is 11.7 Å². The number of aromatic carboxylic acids is 1. The Morgan fingerprint density at radius 1 is 1.50 bits per heavy atom. The van der Waals surface area contributed by atoms with Crippen LogP contribution in [0.4, 0.5) is 5.69 Å². The summed E-state index contributed by atoms with van der Waals surface area (Å²) >= 11 is 0. The van der Waals surface area contributed by atoms with Gasteiger partial charge >= 0.3 is 5.97 Å². The van der Waals surface area contributed by atoms with Gasteiger partial charge in [-0.2, -0.15) is 0 Å². The molecule has 2 rings (SSSR count). The van der Waals surface area contributed by atoms with E-state index in [2.05, 4.69) is 34.2 Å². The Bertz CT molecular complexity index is 492. The van der Waals surface area contributed by atoms with Crippen molar-refractivity contribution in [1.82, 2.24) is 14.8 Å². The molecule has 1 aliphatic heterocycles. The molecule has 0 spiro atoms. The minimum atomic E-state index is -0.950. The van der Waals surface area contributed by atoms with Crippen molar-refractivity contribution in [1.29, 1.82) is 0 Å². The average Bonchev–Trinajstić information content (AvgIpc) is 2.39. The minimum Gasteiger partial charge on any atom is -0.478 e. The van der Waals surface area contributed by atoms with Crippen LogP contribution in [0.3, 0.4) is 0 Å². The normalized spacial score (nSPS) is 20.9. The lowest BCUT2D eigenvalue weighted by Crippen LogP contribution is -2.52. The van der Waals surface area contributed by atoms with Crippen LogP contribution in [-0.4, -0.2) is 72.2 Å². The van der Waals surface area contributed by atoms with Crippen molar-refractivity contribution in [3.8, 4) is 0 Å². The molecular formula is C14H22N4O2. The fourth-order valence-electron chi connectivity index (χ4n) is 2.43. The number of likely N-dealkylation sites (N-methyl/N-ethyl adjacent to an activating group) is 2. The molecule has 20 heavy (non-hydrogen) atoms. The van der Waals surface area contributed by atoms with Crippen molar-refractivity contribution < 1.29 is 9.90 Å². The molecule has 0 aliphatic carbocycles. The van der Waals surface area contributed by atoms with Crippen LogP contribution < -0.4 is 5.32 Å². The van der Waals surface area contributed by atoms with Gasteiger partial charge < -0.3 is 15.3 Å². The first-order valence-electron chi connectivity index (χ1n) is 6.80. The Hall–Kier alpha value is -1.66. The van der Waals surface area contributed by atoms with Crippen molar-refractivity contribution in [2.45, 2.75) is 13.0 Å². The van der Waals surface area contributed by atoms with Crippen LogP contribution in [0.2, 0.25) is 0 Å². The molecule has 1 aromatic heterocycles. The van der Waals surface area contributed by atoms with Gasteiger partial charge in [0.05, 0.1) is 5.69 Å². The van der Waals surface area contributed by atoms with Crippen molar-refractivity contribution in [2.24, 2.45) is 0 Å². The molecule has 0 aromatic carbocycles. The molecule has 110 valence electrons. The van der Waals surface area contributed by atoms with Crippen LogP contribution in [0, 0.1) is 6.92 Å². The maximum absolute atomic E-state index is 11.2. The van der Waals surface area contributed by atoms with Crippen LogP contribution >= 0.6 is 0 Å². The maximum atomic E-state index is 11.2. The Morgan fingerprint density at radius 2 is 2.25 bits per heavy atom. The second-order valence-electron chi connectivity index (χ2n) is 5.45. The highest BCUT2D eigenvalue weighted by Crippen LogP contribution is 2.16. The number of aromatic nitrogens is 1. The van der Waals surface area contributed by atoms with Gasteiger partial charge in [0.2, 0.25) is 0 Å². The third-order valence-corrected chi connectivity index (χ3v) is 3.78. The predicted octanol–water partition coefficient (Wildman–Crippen LogP) is 0.746. The zero-order chi connectivity index (χ0) is 14.7. The summed E-state index contributed by atoms with van der Waals surface area (Å²) in [5.41, 5.74) is 1.68. The van der Waals surface area contributed by atoms with Crippen LogP contribution in [0.25, 0.3) is 0 Å². The smallest absolute Gasteiger partial charge is 0.339 e. The SMILES string of the molecule is Cc1cc(NCC2CN(C)CCN2C)c(C(=O)O)cn1. The summed E-state index contributed by atoms with van der Waals surface area (Å²) in [6.07, 6.45) is 1.41. The number of carboxylic acid groups (broad SMARTS) is 1. The number of carbonyl (C=O) groups is 1. The number of anilines is 1. The van der Waals surface area contributed by atoms with Crippen LogP contribution in [0.5, 0.6) is 0 Å². The monoisotopic (exact) mass is 278 g/mol. The van der Waals surface area contributed by atoms with Crippen molar-refractivity contribution in [2.75, 3.05) is 45.6 Å². The van der Waals surface area contributed by atoms with E-state index in [4.69, 9.17) is 0 Å². The molecule has 0 radical (unpaired) electrons. The highest BCUT2D eigenvalue weighted by Gasteiger charge is 2.22. The largest absolute Gasteiger partial charge is 0.478 e. The number of rotatable bonds is 4. The Labute approximate surface area is 119 Å². The zero-order valence-corrected chi connectivity index (χ0v) is 12.3. The molecule has 6 heteroatoms. The van der Waals surface area contributed by atoms with Gasteiger partial charge in [-0.25, -0.2) is 4.79 Å². The number of pyridine rings is 1. The first kappa shape index (κ1) is 14.7. The molecule has 0 bridgehead atoms. The van der Waals surface area contributed by atoms with Crippen LogP contribution in [0.15, 0.2) is 12.3 Å². The van der Waals surface area contributed by atoms with E-state index < -0.39 is 5.97 Å². The standard InChI is InChI=1S/C14H22N4O2/c1-10-6-13(12(8-15-10)14(19)20)16-7-11-9-17(2)4-5-18(11)3/h6,8,11H,4-5,7,9H2,1-3H3,(H,15,16)(H,19,20). The quantitative estimate of drug-likeness (QED) is 0.847. The molecule has 1 atom stereocenters. The summed E-state index contributed by atoms with van der Waals surface area (Å²) in [5.74, 6) is -0.950. The molecule has 1 aliphatic rings. The molecule has 2 heterocycles. The molecule has 2 N–H and O–H groups in total. The molecule has 1 aromatic rings. The molecule has 6 nitrogen and oxygen atoms in total. The zero-order valence-electron chi connectivity index (χ0n) is 12.3. The Kier molecular flexibility index (Phi) is 4.57. The number of hydrogen-bond acceptors (Lipinski definition) is 5. The average molecular weight is 278 g/mol. The summed E-state index contributed by atoms with van der Waals surface area (Å²) in [5, 5.41) is 12.5. The number of nitrogens with one attached hydrogen (secondary N) is 1.